The lowest BCUT2D eigenvalue weighted by Crippen LogP contribution is -2.27. The smallest absolute Gasteiger partial charge is 0.228 e. The Labute approximate surface area is 83.8 Å². The van der Waals surface area contributed by atoms with Gasteiger partial charge in [-0.1, -0.05) is 12.1 Å². The van der Waals surface area contributed by atoms with Crippen molar-refractivity contribution in [2.75, 3.05) is 13.7 Å². The van der Waals surface area contributed by atoms with E-state index in [0.29, 0.717) is 24.4 Å². The minimum absolute atomic E-state index is 0.357. The molecular weight excluding hydrogens is 182 g/mol. The molecule has 0 spiro atoms. The highest BCUT2D eigenvalue weighted by Crippen LogP contribution is 2.01. The van der Waals surface area contributed by atoms with Crippen LogP contribution in [0.15, 0.2) is 4.52 Å². The van der Waals surface area contributed by atoms with Crippen molar-refractivity contribution in [1.82, 2.24) is 15.5 Å². The van der Waals surface area contributed by atoms with E-state index in [4.69, 9.17) is 9.26 Å². The summed E-state index contributed by atoms with van der Waals surface area (Å²) in [5.74, 6) is 1.26. The monoisotopic (exact) mass is 199 g/mol. The number of methoxy groups -OCH3 is 1. The third-order valence-corrected chi connectivity index (χ3v) is 1.82. The molecule has 0 amide bonds. The molecule has 0 aliphatic heterocycles. The maximum absolute atomic E-state index is 5.05. The Morgan fingerprint density at radius 2 is 2.36 bits per heavy atom. The zero-order valence-corrected chi connectivity index (χ0v) is 8.91. The zero-order valence-electron chi connectivity index (χ0n) is 8.91. The third-order valence-electron chi connectivity index (χ3n) is 1.82. The van der Waals surface area contributed by atoms with Gasteiger partial charge in [0, 0.05) is 19.6 Å². The topological polar surface area (TPSA) is 60.2 Å². The fourth-order valence-corrected chi connectivity index (χ4v) is 1.24. The Bertz CT molecular complexity index is 262. The highest BCUT2D eigenvalue weighted by Gasteiger charge is 2.09. The molecule has 0 bridgehead atoms. The molecule has 1 aromatic heterocycles. The second-order valence-corrected chi connectivity index (χ2v) is 3.20. The summed E-state index contributed by atoms with van der Waals surface area (Å²) in [6, 6.07) is 0.357. The molecule has 14 heavy (non-hydrogen) atoms. The Morgan fingerprint density at radius 1 is 1.57 bits per heavy atom. The van der Waals surface area contributed by atoms with Crippen molar-refractivity contribution in [3.63, 3.8) is 0 Å². The van der Waals surface area contributed by atoms with Crippen molar-refractivity contribution in [3.8, 4) is 0 Å². The molecule has 1 N–H and O–H groups in total. The van der Waals surface area contributed by atoms with Crippen LogP contribution >= 0.6 is 0 Å². The first kappa shape index (κ1) is 11.1. The Balaban J connectivity index is 2.42. The molecule has 0 aliphatic carbocycles. The molecule has 0 saturated heterocycles. The van der Waals surface area contributed by atoms with E-state index in [1.165, 1.54) is 0 Å². The number of hydrogen-bond donors (Lipinski definition) is 1. The van der Waals surface area contributed by atoms with Crippen LogP contribution in [0.25, 0.3) is 0 Å². The summed E-state index contributed by atoms with van der Waals surface area (Å²) < 4.78 is 9.95. The van der Waals surface area contributed by atoms with E-state index in [-0.39, 0.29) is 0 Å². The van der Waals surface area contributed by atoms with Gasteiger partial charge >= 0.3 is 0 Å². The van der Waals surface area contributed by atoms with Crippen LogP contribution in [0.4, 0.5) is 0 Å². The number of likely N-dealkylation sites (N-methyl/N-ethyl adjacent to an activating group) is 1. The Kier molecular flexibility index (Phi) is 4.55. The minimum atomic E-state index is 0.357. The van der Waals surface area contributed by atoms with E-state index in [2.05, 4.69) is 29.3 Å². The van der Waals surface area contributed by atoms with Crippen molar-refractivity contribution in [1.29, 1.82) is 0 Å². The normalized spacial score (nSPS) is 13.1. The van der Waals surface area contributed by atoms with Crippen LogP contribution in [0, 0.1) is 0 Å². The molecule has 1 rings (SSSR count). The van der Waals surface area contributed by atoms with E-state index >= 15 is 0 Å². The highest BCUT2D eigenvalue weighted by atomic mass is 16.5. The maximum atomic E-state index is 5.05. The summed E-state index contributed by atoms with van der Waals surface area (Å²) in [6.45, 7) is 5.50. The van der Waals surface area contributed by atoms with E-state index < -0.39 is 0 Å². The number of nitrogens with zero attached hydrogens (tertiary/aromatic N) is 2. The first-order valence-electron chi connectivity index (χ1n) is 4.80. The average Bonchev–Trinajstić information content (AvgIpc) is 2.53. The molecule has 5 nitrogen and oxygen atoms in total. The van der Waals surface area contributed by atoms with Gasteiger partial charge in [-0.25, -0.2) is 0 Å². The van der Waals surface area contributed by atoms with Gasteiger partial charge in [-0.15, -0.1) is 0 Å². The molecule has 80 valence electrons. The van der Waals surface area contributed by atoms with Gasteiger partial charge in [0.2, 0.25) is 5.89 Å². The van der Waals surface area contributed by atoms with Crippen molar-refractivity contribution in [3.05, 3.63) is 11.7 Å². The van der Waals surface area contributed by atoms with Crippen LogP contribution in [-0.2, 0) is 17.8 Å². The van der Waals surface area contributed by atoms with Gasteiger partial charge in [0.15, 0.2) is 5.82 Å². The van der Waals surface area contributed by atoms with E-state index in [1.807, 2.05) is 0 Å². The van der Waals surface area contributed by atoms with Crippen LogP contribution in [0.5, 0.6) is 0 Å². The molecule has 5 heteroatoms. The molecule has 1 unspecified atom stereocenters. The molecule has 0 aromatic carbocycles. The quantitative estimate of drug-likeness (QED) is 0.732. The summed E-state index contributed by atoms with van der Waals surface area (Å²) in [5, 5.41) is 7.06. The number of aromatic nitrogens is 2. The first-order valence-corrected chi connectivity index (χ1v) is 4.80. The predicted octanol–water partition coefficient (Wildman–Crippen LogP) is 0.756. The predicted molar refractivity (Wildman–Crippen MR) is 51.9 cm³/mol. The van der Waals surface area contributed by atoms with E-state index in [9.17, 15) is 0 Å². The molecule has 0 radical (unpaired) electrons. The maximum Gasteiger partial charge on any atom is 0.228 e. The van der Waals surface area contributed by atoms with Crippen molar-refractivity contribution < 1.29 is 9.26 Å². The summed E-state index contributed by atoms with van der Waals surface area (Å²) in [5.41, 5.74) is 0. The average molecular weight is 199 g/mol. The summed E-state index contributed by atoms with van der Waals surface area (Å²) in [7, 11) is 1.61. The fraction of sp³-hybridized carbons (Fsp3) is 0.778. The molecule has 1 atom stereocenters. The molecule has 0 aliphatic rings. The molecule has 0 fully saturated rings. The van der Waals surface area contributed by atoms with Crippen molar-refractivity contribution in [2.45, 2.75) is 32.9 Å². The molecule has 1 heterocycles. The third kappa shape index (κ3) is 3.43. The fourth-order valence-electron chi connectivity index (χ4n) is 1.24. The van der Waals surface area contributed by atoms with Gasteiger partial charge in [-0.05, 0) is 13.5 Å². The van der Waals surface area contributed by atoms with Crippen LogP contribution in [0.1, 0.15) is 25.6 Å². The zero-order chi connectivity index (χ0) is 10.4. The number of nitrogens with one attached hydrogen (secondary N) is 1. The lowest BCUT2D eigenvalue weighted by molar-refractivity contribution is 0.174. The summed E-state index contributed by atoms with van der Waals surface area (Å²) >= 11 is 0. The van der Waals surface area contributed by atoms with Gasteiger partial charge < -0.3 is 14.6 Å². The van der Waals surface area contributed by atoms with E-state index in [0.717, 1.165) is 13.0 Å². The van der Waals surface area contributed by atoms with Crippen LogP contribution in [-0.4, -0.2) is 29.8 Å². The van der Waals surface area contributed by atoms with Gasteiger partial charge in [0.05, 0.1) is 0 Å². The van der Waals surface area contributed by atoms with Crippen LogP contribution < -0.4 is 5.32 Å². The summed E-state index contributed by atoms with van der Waals surface area (Å²) in [4.78, 5) is 4.18. The largest absolute Gasteiger partial charge is 0.377 e. The number of ether oxygens (including phenoxy) is 1. The van der Waals surface area contributed by atoms with Crippen molar-refractivity contribution >= 4 is 0 Å². The van der Waals surface area contributed by atoms with Gasteiger partial charge in [-0.3, -0.25) is 0 Å². The highest BCUT2D eigenvalue weighted by molar-refractivity contribution is 4.87. The minimum Gasteiger partial charge on any atom is -0.377 e. The standard InChI is InChI=1S/C9H17N3O2/c1-4-10-7(2)5-9-11-8(6-13-3)12-14-9/h7,10H,4-6H2,1-3H3. The molecular formula is C9H17N3O2. The van der Waals surface area contributed by atoms with Gasteiger partial charge in [0.1, 0.15) is 6.61 Å². The number of hydrogen-bond acceptors (Lipinski definition) is 5. The molecule has 1 aromatic rings. The van der Waals surface area contributed by atoms with Crippen LogP contribution in [0.3, 0.4) is 0 Å². The lowest BCUT2D eigenvalue weighted by Gasteiger charge is -2.07. The first-order chi connectivity index (χ1) is 6.76. The van der Waals surface area contributed by atoms with Gasteiger partial charge in [0.25, 0.3) is 0 Å². The SMILES string of the molecule is CCNC(C)Cc1nc(COC)no1. The Morgan fingerprint density at radius 3 is 3.00 bits per heavy atom. The Hall–Kier alpha value is -0.940. The van der Waals surface area contributed by atoms with Gasteiger partial charge in [-0.2, -0.15) is 4.98 Å². The lowest BCUT2D eigenvalue weighted by atomic mass is 10.2. The second kappa shape index (κ2) is 5.72. The van der Waals surface area contributed by atoms with Crippen molar-refractivity contribution in [2.24, 2.45) is 0 Å². The molecule has 0 saturated carbocycles. The van der Waals surface area contributed by atoms with Crippen LogP contribution in [0.2, 0.25) is 0 Å². The van der Waals surface area contributed by atoms with E-state index in [1.54, 1.807) is 7.11 Å². The second-order valence-electron chi connectivity index (χ2n) is 3.20. The summed E-state index contributed by atoms with van der Waals surface area (Å²) in [6.07, 6.45) is 0.755. The number of rotatable bonds is 6.